The van der Waals surface area contributed by atoms with Crippen LogP contribution in [0.2, 0.25) is 0 Å². The van der Waals surface area contributed by atoms with Crippen molar-refractivity contribution in [1.29, 1.82) is 0 Å². The number of hydrogen-bond acceptors (Lipinski definition) is 3. The van der Waals surface area contributed by atoms with Crippen molar-refractivity contribution in [1.82, 2.24) is 4.90 Å². The van der Waals surface area contributed by atoms with Crippen molar-refractivity contribution >= 4 is 17.2 Å². The molecule has 0 spiro atoms. The predicted octanol–water partition coefficient (Wildman–Crippen LogP) is 2.11. The molecule has 0 radical (unpaired) electrons. The normalized spacial score (nSPS) is 12.6. The molecule has 0 amide bonds. The number of aliphatic hydroxyl groups is 1. The van der Waals surface area contributed by atoms with E-state index in [9.17, 15) is 5.11 Å². The molecule has 0 aliphatic rings. The largest absolute Gasteiger partial charge is 0.395 e. The van der Waals surface area contributed by atoms with Crippen molar-refractivity contribution in [3.63, 3.8) is 0 Å². The lowest BCUT2D eigenvalue weighted by molar-refractivity contribution is 0.153. The summed E-state index contributed by atoms with van der Waals surface area (Å²) < 4.78 is 0. The van der Waals surface area contributed by atoms with E-state index in [2.05, 4.69) is 24.0 Å². The van der Waals surface area contributed by atoms with Gasteiger partial charge in [-0.1, -0.05) is 49.5 Å². The van der Waals surface area contributed by atoms with Gasteiger partial charge in [0, 0.05) is 19.0 Å². The van der Waals surface area contributed by atoms with Crippen molar-refractivity contribution in [3.8, 4) is 0 Å². The van der Waals surface area contributed by atoms with Crippen LogP contribution in [0.1, 0.15) is 31.4 Å². The zero-order valence-corrected chi connectivity index (χ0v) is 11.7. The van der Waals surface area contributed by atoms with Crippen molar-refractivity contribution in [2.75, 3.05) is 19.7 Å². The number of aliphatic hydroxyl groups excluding tert-OH is 1. The van der Waals surface area contributed by atoms with Gasteiger partial charge in [0.25, 0.3) is 0 Å². The maximum atomic E-state index is 9.19. The van der Waals surface area contributed by atoms with E-state index < -0.39 is 0 Å². The molecule has 3 N–H and O–H groups in total. The van der Waals surface area contributed by atoms with Crippen LogP contribution in [-0.2, 0) is 0 Å². The molecule has 0 bridgehead atoms. The fourth-order valence-corrected chi connectivity index (χ4v) is 2.32. The van der Waals surface area contributed by atoms with E-state index in [-0.39, 0.29) is 12.6 Å². The van der Waals surface area contributed by atoms with Crippen LogP contribution >= 0.6 is 12.2 Å². The lowest BCUT2D eigenvalue weighted by Gasteiger charge is -2.31. The first-order valence-corrected chi connectivity index (χ1v) is 6.78. The third-order valence-electron chi connectivity index (χ3n) is 2.92. The van der Waals surface area contributed by atoms with Gasteiger partial charge in [-0.15, -0.1) is 0 Å². The minimum atomic E-state index is 0.153. The zero-order chi connectivity index (χ0) is 13.4. The number of nitrogens with zero attached hydrogens (tertiary/aromatic N) is 1. The Morgan fingerprint density at radius 1 is 1.33 bits per heavy atom. The minimum Gasteiger partial charge on any atom is -0.395 e. The lowest BCUT2D eigenvalue weighted by Crippen LogP contribution is -2.34. The maximum absolute atomic E-state index is 9.19. The van der Waals surface area contributed by atoms with Crippen LogP contribution in [0.3, 0.4) is 0 Å². The summed E-state index contributed by atoms with van der Waals surface area (Å²) in [6, 6.07) is 10.4. The molecule has 3 nitrogen and oxygen atoms in total. The van der Waals surface area contributed by atoms with E-state index in [1.54, 1.807) is 0 Å². The van der Waals surface area contributed by atoms with Crippen LogP contribution in [0, 0.1) is 0 Å². The second kappa shape index (κ2) is 8.19. The number of hydrogen-bond donors (Lipinski definition) is 2. The smallest absolute Gasteiger partial charge is 0.0746 e. The highest BCUT2D eigenvalue weighted by Gasteiger charge is 2.19. The molecule has 1 aromatic carbocycles. The third-order valence-corrected chi connectivity index (χ3v) is 3.08. The summed E-state index contributed by atoms with van der Waals surface area (Å²) in [5, 5.41) is 9.19. The SMILES string of the molecule is CCCN(CCO)C(CC(N)=S)c1ccccc1. The van der Waals surface area contributed by atoms with E-state index in [1.807, 2.05) is 18.2 Å². The topological polar surface area (TPSA) is 49.5 Å². The van der Waals surface area contributed by atoms with Crippen molar-refractivity contribution in [2.45, 2.75) is 25.8 Å². The quantitative estimate of drug-likeness (QED) is 0.708. The molecule has 0 fully saturated rings. The van der Waals surface area contributed by atoms with Crippen LogP contribution in [0.15, 0.2) is 30.3 Å². The van der Waals surface area contributed by atoms with Gasteiger partial charge in [0.15, 0.2) is 0 Å². The van der Waals surface area contributed by atoms with Crippen LogP contribution < -0.4 is 5.73 Å². The Balaban J connectivity index is 2.91. The lowest BCUT2D eigenvalue weighted by atomic mass is 10.0. The molecule has 1 atom stereocenters. The Bertz CT molecular complexity index is 350. The van der Waals surface area contributed by atoms with Gasteiger partial charge in [0.2, 0.25) is 0 Å². The van der Waals surface area contributed by atoms with Gasteiger partial charge < -0.3 is 10.8 Å². The van der Waals surface area contributed by atoms with Gasteiger partial charge in [-0.05, 0) is 18.5 Å². The van der Waals surface area contributed by atoms with Crippen molar-refractivity contribution < 1.29 is 5.11 Å². The Kier molecular flexibility index (Phi) is 6.86. The van der Waals surface area contributed by atoms with Gasteiger partial charge in [-0.3, -0.25) is 4.90 Å². The molecule has 4 heteroatoms. The molecule has 0 aliphatic carbocycles. The fourth-order valence-electron chi connectivity index (χ4n) is 2.16. The van der Waals surface area contributed by atoms with Crippen LogP contribution in [-0.4, -0.2) is 34.7 Å². The van der Waals surface area contributed by atoms with E-state index in [0.29, 0.717) is 18.0 Å². The highest BCUT2D eigenvalue weighted by atomic mass is 32.1. The monoisotopic (exact) mass is 266 g/mol. The van der Waals surface area contributed by atoms with Crippen molar-refractivity contribution in [3.05, 3.63) is 35.9 Å². The third kappa shape index (κ3) is 4.72. The molecule has 0 saturated carbocycles. The average molecular weight is 266 g/mol. The van der Waals surface area contributed by atoms with Crippen LogP contribution in [0.5, 0.6) is 0 Å². The summed E-state index contributed by atoms with van der Waals surface area (Å²) in [6.07, 6.45) is 1.69. The highest BCUT2D eigenvalue weighted by Crippen LogP contribution is 2.24. The number of rotatable bonds is 8. The van der Waals surface area contributed by atoms with E-state index in [0.717, 1.165) is 13.0 Å². The maximum Gasteiger partial charge on any atom is 0.0746 e. The highest BCUT2D eigenvalue weighted by molar-refractivity contribution is 7.80. The molecular formula is C14H22N2OS. The van der Waals surface area contributed by atoms with Gasteiger partial charge in [0.1, 0.15) is 0 Å². The minimum absolute atomic E-state index is 0.153. The van der Waals surface area contributed by atoms with Crippen molar-refractivity contribution in [2.24, 2.45) is 5.73 Å². The first-order chi connectivity index (χ1) is 8.69. The van der Waals surface area contributed by atoms with E-state index in [1.165, 1.54) is 5.56 Å². The summed E-state index contributed by atoms with van der Waals surface area (Å²) in [7, 11) is 0. The summed E-state index contributed by atoms with van der Waals surface area (Å²) in [6.45, 7) is 3.87. The summed E-state index contributed by atoms with van der Waals surface area (Å²) in [4.78, 5) is 2.76. The zero-order valence-electron chi connectivity index (χ0n) is 10.9. The first-order valence-electron chi connectivity index (χ1n) is 6.37. The number of benzene rings is 1. The second-order valence-corrected chi connectivity index (χ2v) is 4.88. The first kappa shape index (κ1) is 15.1. The average Bonchev–Trinajstić information content (AvgIpc) is 2.37. The van der Waals surface area contributed by atoms with Crippen LogP contribution in [0.25, 0.3) is 0 Å². The molecule has 0 aliphatic heterocycles. The number of nitrogens with two attached hydrogens (primary N) is 1. The Labute approximate surface area is 115 Å². The summed E-state index contributed by atoms with van der Waals surface area (Å²) in [5.74, 6) is 0. The number of thiocarbonyl (C=S) groups is 1. The molecule has 100 valence electrons. The fraction of sp³-hybridized carbons (Fsp3) is 0.500. The molecule has 1 aromatic rings. The Morgan fingerprint density at radius 2 is 2.00 bits per heavy atom. The molecule has 18 heavy (non-hydrogen) atoms. The summed E-state index contributed by atoms with van der Waals surface area (Å²) >= 11 is 5.05. The molecule has 0 heterocycles. The van der Waals surface area contributed by atoms with Gasteiger partial charge in [0.05, 0.1) is 11.6 Å². The molecule has 0 aromatic heterocycles. The predicted molar refractivity (Wildman–Crippen MR) is 79.5 cm³/mol. The molecule has 0 saturated heterocycles. The Hall–Kier alpha value is -0.970. The molecule has 1 rings (SSSR count). The van der Waals surface area contributed by atoms with Gasteiger partial charge in [-0.25, -0.2) is 0 Å². The van der Waals surface area contributed by atoms with E-state index in [4.69, 9.17) is 18.0 Å². The van der Waals surface area contributed by atoms with E-state index >= 15 is 0 Å². The Morgan fingerprint density at radius 3 is 2.50 bits per heavy atom. The molecule has 1 unspecified atom stereocenters. The van der Waals surface area contributed by atoms with Gasteiger partial charge >= 0.3 is 0 Å². The second-order valence-electron chi connectivity index (χ2n) is 4.36. The molecular weight excluding hydrogens is 244 g/mol. The summed E-state index contributed by atoms with van der Waals surface area (Å²) in [5.41, 5.74) is 6.90. The van der Waals surface area contributed by atoms with Crippen LogP contribution in [0.4, 0.5) is 0 Å². The standard InChI is InChI=1S/C14H22N2OS/c1-2-8-16(9-10-17)13(11-14(15)18)12-6-4-3-5-7-12/h3-7,13,17H,2,8-11H2,1H3,(H2,15,18). The van der Waals surface area contributed by atoms with Gasteiger partial charge in [-0.2, -0.15) is 0 Å².